The summed E-state index contributed by atoms with van der Waals surface area (Å²) in [6.45, 7) is 0. The van der Waals surface area contributed by atoms with Crippen LogP contribution in [-0.4, -0.2) is 21.4 Å². The zero-order chi connectivity index (χ0) is 17.0. The highest BCUT2D eigenvalue weighted by Crippen LogP contribution is 2.45. The molecule has 0 aliphatic carbocycles. The molecule has 1 aromatic heterocycles. The van der Waals surface area contributed by atoms with Crippen molar-refractivity contribution in [3.05, 3.63) is 71.4 Å². The fraction of sp³-hybridized carbons (Fsp3) is 0.318. The van der Waals surface area contributed by atoms with Crippen molar-refractivity contribution in [3.63, 3.8) is 0 Å². The normalized spacial score (nSPS) is 22.0. The van der Waals surface area contributed by atoms with Gasteiger partial charge >= 0.3 is 0 Å². The molecule has 5 rings (SSSR count). The number of hydrogen-bond acceptors (Lipinski definition) is 1. The van der Waals surface area contributed by atoms with Crippen molar-refractivity contribution in [3.8, 4) is 0 Å². The lowest BCUT2D eigenvalue weighted by molar-refractivity contribution is 0.0387. The Morgan fingerprint density at radius 2 is 1.76 bits per heavy atom. The first-order valence-corrected chi connectivity index (χ1v) is 9.19. The topological polar surface area (TPSA) is 25.2 Å². The number of benzene rings is 2. The average Bonchev–Trinajstić information content (AvgIpc) is 2.94. The van der Waals surface area contributed by atoms with Gasteiger partial charge in [-0.2, -0.15) is 0 Å². The third-order valence-corrected chi connectivity index (χ3v) is 6.02. The van der Waals surface area contributed by atoms with Gasteiger partial charge in [0.15, 0.2) is 0 Å². The van der Waals surface area contributed by atoms with Crippen molar-refractivity contribution in [1.29, 1.82) is 0 Å². The van der Waals surface area contributed by atoms with E-state index in [9.17, 15) is 4.79 Å². The monoisotopic (exact) mass is 330 g/mol. The van der Waals surface area contributed by atoms with Crippen LogP contribution >= 0.6 is 0 Å². The van der Waals surface area contributed by atoms with Crippen LogP contribution in [0.3, 0.4) is 0 Å². The summed E-state index contributed by atoms with van der Waals surface area (Å²) >= 11 is 0. The minimum absolute atomic E-state index is 0.186. The first-order valence-electron chi connectivity index (χ1n) is 9.19. The molecule has 2 aromatic carbocycles. The van der Waals surface area contributed by atoms with Gasteiger partial charge in [0.1, 0.15) is 0 Å². The van der Waals surface area contributed by atoms with Gasteiger partial charge in [-0.15, -0.1) is 0 Å². The molecule has 2 atom stereocenters. The molecule has 0 N–H and O–H groups in total. The van der Waals surface area contributed by atoms with Gasteiger partial charge in [-0.25, -0.2) is 0 Å². The number of para-hydroxylation sites is 1. The van der Waals surface area contributed by atoms with Crippen LogP contribution in [0.25, 0.3) is 10.9 Å². The predicted octanol–water partition coefficient (Wildman–Crippen LogP) is 4.47. The molecule has 0 spiro atoms. The third kappa shape index (κ3) is 2.08. The predicted molar refractivity (Wildman–Crippen MR) is 99.6 cm³/mol. The van der Waals surface area contributed by atoms with Crippen LogP contribution in [0.5, 0.6) is 0 Å². The number of rotatable bonds is 1. The van der Waals surface area contributed by atoms with Crippen molar-refractivity contribution in [1.82, 2.24) is 9.47 Å². The Balaban J connectivity index is 1.66. The summed E-state index contributed by atoms with van der Waals surface area (Å²) in [5.41, 5.74) is 4.90. The molecule has 25 heavy (non-hydrogen) atoms. The lowest BCUT2D eigenvalue weighted by Crippen LogP contribution is -2.50. The third-order valence-electron chi connectivity index (χ3n) is 6.02. The van der Waals surface area contributed by atoms with E-state index in [0.29, 0.717) is 6.04 Å². The molecule has 3 heterocycles. The van der Waals surface area contributed by atoms with Crippen molar-refractivity contribution in [2.45, 2.75) is 37.8 Å². The van der Waals surface area contributed by atoms with E-state index in [1.807, 2.05) is 30.3 Å². The summed E-state index contributed by atoms with van der Waals surface area (Å²) in [6.07, 6.45) is 4.35. The van der Waals surface area contributed by atoms with Crippen LogP contribution in [-0.2, 0) is 13.5 Å². The number of nitrogens with zero attached hydrogens (tertiary/aromatic N) is 2. The minimum atomic E-state index is 0.186. The Kier molecular flexibility index (Phi) is 3.24. The maximum absolute atomic E-state index is 13.3. The molecule has 3 nitrogen and oxygen atoms in total. The zero-order valence-corrected chi connectivity index (χ0v) is 14.5. The largest absolute Gasteiger partial charge is 0.346 e. The molecule has 2 bridgehead atoms. The lowest BCUT2D eigenvalue weighted by Gasteiger charge is -2.46. The van der Waals surface area contributed by atoms with E-state index in [2.05, 4.69) is 40.8 Å². The van der Waals surface area contributed by atoms with Gasteiger partial charge in [0.2, 0.25) is 0 Å². The van der Waals surface area contributed by atoms with Gasteiger partial charge < -0.3 is 9.47 Å². The van der Waals surface area contributed by atoms with Gasteiger partial charge in [0.25, 0.3) is 5.91 Å². The summed E-state index contributed by atoms with van der Waals surface area (Å²) in [4.78, 5) is 15.4. The lowest BCUT2D eigenvalue weighted by atomic mass is 9.82. The molecule has 3 heteroatoms. The molecule has 1 amide bonds. The van der Waals surface area contributed by atoms with E-state index in [1.54, 1.807) is 0 Å². The fourth-order valence-electron chi connectivity index (χ4n) is 4.95. The van der Waals surface area contributed by atoms with Gasteiger partial charge in [0, 0.05) is 35.2 Å². The van der Waals surface area contributed by atoms with E-state index in [-0.39, 0.29) is 11.9 Å². The highest BCUT2D eigenvalue weighted by molar-refractivity contribution is 5.95. The average molecular weight is 330 g/mol. The number of fused-ring (bicyclic) bond motifs is 6. The molecule has 2 aliphatic heterocycles. The van der Waals surface area contributed by atoms with Crippen molar-refractivity contribution >= 4 is 16.8 Å². The second-order valence-electron chi connectivity index (χ2n) is 7.32. The summed E-state index contributed by atoms with van der Waals surface area (Å²) in [5, 5.41) is 1.36. The number of hydrogen-bond donors (Lipinski definition) is 0. The molecule has 0 saturated carbocycles. The van der Waals surface area contributed by atoms with Gasteiger partial charge in [-0.05, 0) is 49.4 Å². The van der Waals surface area contributed by atoms with Gasteiger partial charge in [-0.3, -0.25) is 4.79 Å². The van der Waals surface area contributed by atoms with Crippen LogP contribution in [0.15, 0.2) is 54.6 Å². The minimum Gasteiger partial charge on any atom is -0.346 e. The summed E-state index contributed by atoms with van der Waals surface area (Å²) < 4.78 is 2.32. The van der Waals surface area contributed by atoms with Crippen molar-refractivity contribution in [2.75, 3.05) is 0 Å². The van der Waals surface area contributed by atoms with Crippen LogP contribution in [0.4, 0.5) is 0 Å². The zero-order valence-electron chi connectivity index (χ0n) is 14.5. The number of carbonyl (C=O) groups excluding carboxylic acids is 1. The van der Waals surface area contributed by atoms with E-state index in [1.165, 1.54) is 28.6 Å². The van der Waals surface area contributed by atoms with Crippen LogP contribution in [0.1, 0.15) is 46.9 Å². The Morgan fingerprint density at radius 3 is 2.60 bits per heavy atom. The molecular formula is C22H22N2O. The first-order chi connectivity index (χ1) is 12.3. The fourth-order valence-corrected chi connectivity index (χ4v) is 4.95. The quantitative estimate of drug-likeness (QED) is 0.646. The number of aromatic nitrogens is 1. The van der Waals surface area contributed by atoms with E-state index in [0.717, 1.165) is 24.8 Å². The van der Waals surface area contributed by atoms with Crippen LogP contribution in [0, 0.1) is 0 Å². The SMILES string of the molecule is Cn1c2c(c3ccccc31)CC1CCCC2N1C(=O)c1ccccc1. The van der Waals surface area contributed by atoms with E-state index >= 15 is 0 Å². The molecule has 1 fully saturated rings. The second kappa shape index (κ2) is 5.48. The van der Waals surface area contributed by atoms with Crippen LogP contribution < -0.4 is 0 Å². The number of amides is 1. The molecule has 1 saturated heterocycles. The van der Waals surface area contributed by atoms with Crippen molar-refractivity contribution < 1.29 is 4.79 Å². The molecule has 3 aromatic rings. The molecule has 2 unspecified atom stereocenters. The highest BCUT2D eigenvalue weighted by atomic mass is 16.2. The van der Waals surface area contributed by atoms with Crippen LogP contribution in [0.2, 0.25) is 0 Å². The number of piperidine rings is 1. The maximum Gasteiger partial charge on any atom is 0.254 e. The smallest absolute Gasteiger partial charge is 0.254 e. The van der Waals surface area contributed by atoms with Crippen molar-refractivity contribution in [2.24, 2.45) is 7.05 Å². The molecular weight excluding hydrogens is 308 g/mol. The first kappa shape index (κ1) is 14.8. The Labute approximate surface area is 147 Å². The standard InChI is InChI=1S/C22H22N2O/c1-23-19-12-6-5-11-17(19)18-14-16-10-7-13-20(21(18)23)24(16)22(25)15-8-3-2-4-9-15/h2-6,8-9,11-12,16,20H,7,10,13-14H2,1H3. The number of carbonyl (C=O) groups is 1. The molecule has 0 radical (unpaired) electrons. The maximum atomic E-state index is 13.3. The molecule has 2 aliphatic rings. The summed E-state index contributed by atoms with van der Waals surface area (Å²) in [7, 11) is 2.15. The second-order valence-corrected chi connectivity index (χ2v) is 7.32. The Hall–Kier alpha value is -2.55. The highest BCUT2D eigenvalue weighted by Gasteiger charge is 2.42. The summed E-state index contributed by atoms with van der Waals surface area (Å²) in [5.74, 6) is 0.186. The van der Waals surface area contributed by atoms with Gasteiger partial charge in [0.05, 0.1) is 6.04 Å². The Morgan fingerprint density at radius 1 is 1.00 bits per heavy atom. The van der Waals surface area contributed by atoms with E-state index in [4.69, 9.17) is 0 Å². The van der Waals surface area contributed by atoms with E-state index < -0.39 is 0 Å². The summed E-state index contributed by atoms with van der Waals surface area (Å²) in [6, 6.07) is 18.9. The number of aryl methyl sites for hydroxylation is 1. The van der Waals surface area contributed by atoms with Gasteiger partial charge in [-0.1, -0.05) is 36.4 Å². The Bertz CT molecular complexity index is 957. The molecule has 126 valence electrons.